The molecule has 0 amide bonds. The summed E-state index contributed by atoms with van der Waals surface area (Å²) in [7, 11) is 3.36. The number of guanidine groups is 1. The first-order valence-electron chi connectivity index (χ1n) is 8.86. The van der Waals surface area contributed by atoms with E-state index >= 15 is 0 Å². The highest BCUT2D eigenvalue weighted by atomic mass is 16.5. The minimum Gasteiger partial charge on any atom is -0.493 e. The molecule has 1 aromatic heterocycles. The Morgan fingerprint density at radius 1 is 1.11 bits per heavy atom. The average molecular weight is 364 g/mol. The van der Waals surface area contributed by atoms with Crippen molar-refractivity contribution in [3.8, 4) is 11.5 Å². The quantitative estimate of drug-likeness (QED) is 0.514. The van der Waals surface area contributed by atoms with Gasteiger partial charge in [-0.1, -0.05) is 24.3 Å². The fourth-order valence-electron chi connectivity index (χ4n) is 2.83. The summed E-state index contributed by atoms with van der Waals surface area (Å²) in [5.41, 5.74) is 1.83. The Balaban J connectivity index is 1.72. The molecule has 6 nitrogen and oxygen atoms in total. The lowest BCUT2D eigenvalue weighted by molar-refractivity contribution is 0.311. The van der Waals surface area contributed by atoms with Crippen LogP contribution in [0.4, 0.5) is 5.69 Å². The smallest absolute Gasteiger partial charge is 0.195 e. The molecule has 0 saturated carbocycles. The zero-order valence-electron chi connectivity index (χ0n) is 15.8. The zero-order chi connectivity index (χ0) is 19.1. The van der Waals surface area contributed by atoms with Gasteiger partial charge in [0.2, 0.25) is 0 Å². The van der Waals surface area contributed by atoms with Crippen LogP contribution in [0.15, 0.2) is 59.7 Å². The van der Waals surface area contributed by atoms with Gasteiger partial charge in [-0.05, 0) is 30.5 Å². The van der Waals surface area contributed by atoms with Crippen molar-refractivity contribution in [1.82, 2.24) is 10.3 Å². The topological polar surface area (TPSA) is 67.8 Å². The minimum atomic E-state index is 0.565. The highest BCUT2D eigenvalue weighted by molar-refractivity contribution is 5.94. The second kappa shape index (κ2) is 8.89. The van der Waals surface area contributed by atoms with Gasteiger partial charge >= 0.3 is 0 Å². The van der Waals surface area contributed by atoms with Gasteiger partial charge in [-0.15, -0.1) is 0 Å². The second-order valence-corrected chi connectivity index (χ2v) is 5.83. The van der Waals surface area contributed by atoms with Gasteiger partial charge in [-0.2, -0.15) is 0 Å². The summed E-state index contributed by atoms with van der Waals surface area (Å²) in [6, 6.07) is 15.9. The number of hydrogen-bond donors (Lipinski definition) is 2. The number of hydrogen-bond acceptors (Lipinski definition) is 4. The van der Waals surface area contributed by atoms with Gasteiger partial charge < -0.3 is 20.1 Å². The number of ether oxygens (including phenoxy) is 2. The average Bonchev–Trinajstić information content (AvgIpc) is 2.71. The number of nitrogens with zero attached hydrogens (tertiary/aromatic N) is 2. The maximum Gasteiger partial charge on any atom is 0.195 e. The van der Waals surface area contributed by atoms with E-state index in [9.17, 15) is 0 Å². The summed E-state index contributed by atoms with van der Waals surface area (Å²) in [6.45, 7) is 3.08. The normalized spacial score (nSPS) is 11.3. The van der Waals surface area contributed by atoms with Crippen LogP contribution in [0, 0.1) is 0 Å². The largest absolute Gasteiger partial charge is 0.493 e. The summed E-state index contributed by atoms with van der Waals surface area (Å²) in [6.07, 6.45) is 1.83. The van der Waals surface area contributed by atoms with Crippen LogP contribution >= 0.6 is 0 Å². The molecule has 3 aromatic rings. The molecule has 0 fully saturated rings. The molecule has 3 rings (SSSR count). The van der Waals surface area contributed by atoms with Crippen LogP contribution in [0.5, 0.6) is 11.5 Å². The first kappa shape index (κ1) is 18.5. The molecule has 0 unspecified atom stereocenters. The summed E-state index contributed by atoms with van der Waals surface area (Å²) in [5, 5.41) is 8.88. The van der Waals surface area contributed by atoms with Crippen molar-refractivity contribution >= 4 is 22.4 Å². The molecular weight excluding hydrogens is 340 g/mol. The Hall–Kier alpha value is -3.28. The van der Waals surface area contributed by atoms with Crippen LogP contribution in [0.3, 0.4) is 0 Å². The molecule has 2 aromatic carbocycles. The van der Waals surface area contributed by atoms with Gasteiger partial charge in [-0.3, -0.25) is 9.98 Å². The standard InChI is InChI=1S/C21H24N4O2/c1-4-27-20-13-16(9-10-19(20)26-3)25-21(22-2)24-14-18-17-8-6-5-7-15(17)11-12-23-18/h5-13H,4,14H2,1-3H3,(H2,22,24,25). The molecule has 0 saturated heterocycles. The third kappa shape index (κ3) is 4.47. The van der Waals surface area contributed by atoms with E-state index in [2.05, 4.69) is 32.7 Å². The number of anilines is 1. The monoisotopic (exact) mass is 364 g/mol. The van der Waals surface area contributed by atoms with E-state index in [0.29, 0.717) is 30.6 Å². The van der Waals surface area contributed by atoms with Crippen molar-refractivity contribution in [3.05, 3.63) is 60.4 Å². The molecule has 0 bridgehead atoms. The molecule has 0 aliphatic rings. The van der Waals surface area contributed by atoms with Gasteiger partial charge in [0, 0.05) is 30.4 Å². The zero-order valence-corrected chi connectivity index (χ0v) is 15.8. The van der Waals surface area contributed by atoms with Crippen LogP contribution in [-0.2, 0) is 6.54 Å². The molecule has 140 valence electrons. The molecule has 0 spiro atoms. The first-order chi connectivity index (χ1) is 13.2. The Kier molecular flexibility index (Phi) is 6.10. The SMILES string of the molecule is CCOc1cc(NC(=NC)NCc2nccc3ccccc23)ccc1OC. The van der Waals surface area contributed by atoms with E-state index in [-0.39, 0.29) is 0 Å². The van der Waals surface area contributed by atoms with E-state index in [1.165, 1.54) is 5.39 Å². The summed E-state index contributed by atoms with van der Waals surface area (Å²) in [5.74, 6) is 2.04. The van der Waals surface area contributed by atoms with Crippen molar-refractivity contribution in [3.63, 3.8) is 0 Å². The van der Waals surface area contributed by atoms with Crippen LogP contribution < -0.4 is 20.1 Å². The second-order valence-electron chi connectivity index (χ2n) is 5.83. The van der Waals surface area contributed by atoms with Crippen molar-refractivity contribution in [1.29, 1.82) is 0 Å². The molecule has 0 radical (unpaired) electrons. The molecule has 0 atom stereocenters. The molecule has 0 aliphatic carbocycles. The fourth-order valence-corrected chi connectivity index (χ4v) is 2.83. The molecule has 27 heavy (non-hydrogen) atoms. The molecule has 0 aliphatic heterocycles. The van der Waals surface area contributed by atoms with Gasteiger partial charge in [0.05, 0.1) is 26.0 Å². The van der Waals surface area contributed by atoms with Crippen LogP contribution in [0.25, 0.3) is 10.8 Å². The van der Waals surface area contributed by atoms with E-state index in [1.807, 2.05) is 49.5 Å². The maximum atomic E-state index is 5.63. The number of aromatic nitrogens is 1. The third-order valence-corrected chi connectivity index (χ3v) is 4.13. The Bertz CT molecular complexity index is 935. The number of nitrogens with one attached hydrogen (secondary N) is 2. The van der Waals surface area contributed by atoms with E-state index < -0.39 is 0 Å². The van der Waals surface area contributed by atoms with E-state index in [1.54, 1.807) is 14.2 Å². The lowest BCUT2D eigenvalue weighted by Crippen LogP contribution is -2.30. The van der Waals surface area contributed by atoms with Crippen LogP contribution in [0.2, 0.25) is 0 Å². The number of benzene rings is 2. The van der Waals surface area contributed by atoms with Gasteiger partial charge in [0.1, 0.15) is 0 Å². The number of pyridine rings is 1. The number of aliphatic imine (C=N–C) groups is 1. The minimum absolute atomic E-state index is 0.565. The van der Waals surface area contributed by atoms with Crippen molar-refractivity contribution in [2.75, 3.05) is 26.1 Å². The van der Waals surface area contributed by atoms with E-state index in [0.717, 1.165) is 16.8 Å². The summed E-state index contributed by atoms with van der Waals surface area (Å²) in [4.78, 5) is 8.79. The lowest BCUT2D eigenvalue weighted by Gasteiger charge is -2.15. The van der Waals surface area contributed by atoms with Gasteiger partial charge in [-0.25, -0.2) is 0 Å². The fraction of sp³-hybridized carbons (Fsp3) is 0.238. The Morgan fingerprint density at radius 3 is 2.74 bits per heavy atom. The number of methoxy groups -OCH3 is 1. The van der Waals surface area contributed by atoms with Crippen molar-refractivity contribution in [2.45, 2.75) is 13.5 Å². The number of fused-ring (bicyclic) bond motifs is 1. The van der Waals surface area contributed by atoms with Gasteiger partial charge in [0.15, 0.2) is 17.5 Å². The number of rotatable bonds is 6. The van der Waals surface area contributed by atoms with E-state index in [4.69, 9.17) is 9.47 Å². The van der Waals surface area contributed by atoms with Crippen LogP contribution in [-0.4, -0.2) is 31.7 Å². The Labute approximate surface area is 159 Å². The van der Waals surface area contributed by atoms with Gasteiger partial charge in [0.25, 0.3) is 0 Å². The molecular formula is C21H24N4O2. The van der Waals surface area contributed by atoms with Crippen LogP contribution in [0.1, 0.15) is 12.6 Å². The summed E-state index contributed by atoms with van der Waals surface area (Å²) < 4.78 is 10.9. The lowest BCUT2D eigenvalue weighted by atomic mass is 10.1. The van der Waals surface area contributed by atoms with Crippen molar-refractivity contribution < 1.29 is 9.47 Å². The predicted octanol–water partition coefficient (Wildman–Crippen LogP) is 3.83. The predicted molar refractivity (Wildman–Crippen MR) is 110 cm³/mol. The Morgan fingerprint density at radius 2 is 1.96 bits per heavy atom. The maximum absolute atomic E-state index is 5.63. The molecule has 2 N–H and O–H groups in total. The molecule has 1 heterocycles. The summed E-state index contributed by atoms with van der Waals surface area (Å²) >= 11 is 0. The highest BCUT2D eigenvalue weighted by Crippen LogP contribution is 2.30. The third-order valence-electron chi connectivity index (χ3n) is 4.13. The highest BCUT2D eigenvalue weighted by Gasteiger charge is 2.08. The van der Waals surface area contributed by atoms with Crippen molar-refractivity contribution in [2.24, 2.45) is 4.99 Å². The molecule has 6 heteroatoms. The first-order valence-corrected chi connectivity index (χ1v) is 8.86.